The Balaban J connectivity index is 3.17. The van der Waals surface area contributed by atoms with Gasteiger partial charge in [0.2, 0.25) is 0 Å². The van der Waals surface area contributed by atoms with Crippen LogP contribution in [0, 0.1) is 5.92 Å². The Morgan fingerprint density at radius 2 is 1.95 bits per heavy atom. The minimum absolute atomic E-state index is 0.205. The molecule has 2 N–H and O–H groups in total. The maximum absolute atomic E-state index is 12.4. The highest BCUT2D eigenvalue weighted by atomic mass is 16.5. The van der Waals surface area contributed by atoms with Gasteiger partial charge in [0.15, 0.2) is 0 Å². The lowest BCUT2D eigenvalue weighted by Crippen LogP contribution is -2.45. The molecule has 1 aromatic carbocycles. The zero-order valence-corrected chi connectivity index (χ0v) is 12.2. The minimum atomic E-state index is -0.716. The predicted octanol–water partition coefficient (Wildman–Crippen LogP) is 2.88. The molecule has 1 aromatic rings. The van der Waals surface area contributed by atoms with E-state index in [4.69, 9.17) is 10.5 Å². The van der Waals surface area contributed by atoms with Crippen molar-refractivity contribution >= 4 is 5.97 Å². The molecule has 2 atom stereocenters. The summed E-state index contributed by atoms with van der Waals surface area (Å²) >= 11 is 0. The summed E-state index contributed by atoms with van der Waals surface area (Å²) in [7, 11) is 0. The van der Waals surface area contributed by atoms with Crippen molar-refractivity contribution in [3.63, 3.8) is 0 Å². The van der Waals surface area contributed by atoms with Gasteiger partial charge in [0.25, 0.3) is 0 Å². The first-order valence-corrected chi connectivity index (χ1v) is 7.03. The zero-order chi connectivity index (χ0) is 14.3. The van der Waals surface area contributed by atoms with Crippen LogP contribution in [0.1, 0.15) is 39.2 Å². The van der Waals surface area contributed by atoms with E-state index in [0.717, 1.165) is 18.4 Å². The summed E-state index contributed by atoms with van der Waals surface area (Å²) in [6.45, 7) is 6.76. The van der Waals surface area contributed by atoms with E-state index in [1.54, 1.807) is 0 Å². The molecule has 3 nitrogen and oxygen atoms in total. The third-order valence-corrected chi connectivity index (χ3v) is 3.73. The average Bonchev–Trinajstić information content (AvgIpc) is 2.45. The van der Waals surface area contributed by atoms with E-state index >= 15 is 0 Å². The summed E-state index contributed by atoms with van der Waals surface area (Å²) in [4.78, 5) is 12.4. The van der Waals surface area contributed by atoms with Crippen LogP contribution in [0.5, 0.6) is 0 Å². The Morgan fingerprint density at radius 3 is 2.42 bits per heavy atom. The molecule has 0 aromatic heterocycles. The van der Waals surface area contributed by atoms with E-state index in [9.17, 15) is 4.79 Å². The molecule has 106 valence electrons. The van der Waals surface area contributed by atoms with Gasteiger partial charge in [0, 0.05) is 6.54 Å². The van der Waals surface area contributed by atoms with Gasteiger partial charge < -0.3 is 10.5 Å². The van der Waals surface area contributed by atoms with Crippen LogP contribution in [-0.4, -0.2) is 19.1 Å². The molecule has 0 saturated carbocycles. The molecule has 0 radical (unpaired) electrons. The number of benzene rings is 1. The first kappa shape index (κ1) is 15.7. The number of carbonyl (C=O) groups is 1. The highest BCUT2D eigenvalue weighted by molar-refractivity contribution is 5.83. The lowest BCUT2D eigenvalue weighted by atomic mass is 9.73. The van der Waals surface area contributed by atoms with E-state index in [2.05, 4.69) is 13.8 Å². The summed E-state index contributed by atoms with van der Waals surface area (Å²) in [5, 5.41) is 0. The molecule has 0 aliphatic heterocycles. The van der Waals surface area contributed by atoms with Crippen molar-refractivity contribution in [1.82, 2.24) is 0 Å². The van der Waals surface area contributed by atoms with Crippen LogP contribution in [0.25, 0.3) is 0 Å². The fourth-order valence-electron chi connectivity index (χ4n) is 2.37. The van der Waals surface area contributed by atoms with E-state index in [0.29, 0.717) is 12.5 Å². The van der Waals surface area contributed by atoms with Crippen molar-refractivity contribution in [3.05, 3.63) is 35.9 Å². The van der Waals surface area contributed by atoms with E-state index in [1.807, 2.05) is 37.3 Å². The average molecular weight is 263 g/mol. The van der Waals surface area contributed by atoms with Crippen molar-refractivity contribution in [2.75, 3.05) is 13.2 Å². The number of rotatable bonds is 7. The predicted molar refractivity (Wildman–Crippen MR) is 77.9 cm³/mol. The van der Waals surface area contributed by atoms with Crippen molar-refractivity contribution in [2.24, 2.45) is 11.7 Å². The van der Waals surface area contributed by atoms with Crippen LogP contribution < -0.4 is 5.73 Å². The number of hydrogen-bond acceptors (Lipinski definition) is 3. The molecule has 0 amide bonds. The quantitative estimate of drug-likeness (QED) is 0.770. The molecule has 0 fully saturated rings. The lowest BCUT2D eigenvalue weighted by molar-refractivity contribution is -0.150. The summed E-state index contributed by atoms with van der Waals surface area (Å²) in [5.74, 6) is 0.220. The molecule has 0 aliphatic carbocycles. The fourth-order valence-corrected chi connectivity index (χ4v) is 2.37. The van der Waals surface area contributed by atoms with Crippen LogP contribution in [0.15, 0.2) is 30.3 Å². The van der Waals surface area contributed by atoms with Gasteiger partial charge in [-0.2, -0.15) is 0 Å². The number of ether oxygens (including phenoxy) is 1. The Kier molecular flexibility index (Phi) is 6.03. The minimum Gasteiger partial charge on any atom is -0.465 e. The van der Waals surface area contributed by atoms with Gasteiger partial charge >= 0.3 is 5.97 Å². The second-order valence-corrected chi connectivity index (χ2v) is 5.09. The zero-order valence-electron chi connectivity index (χ0n) is 12.2. The molecule has 0 spiro atoms. The van der Waals surface area contributed by atoms with Gasteiger partial charge in [-0.3, -0.25) is 4.79 Å². The monoisotopic (exact) mass is 263 g/mol. The van der Waals surface area contributed by atoms with Crippen LogP contribution >= 0.6 is 0 Å². The molecular weight excluding hydrogens is 238 g/mol. The third-order valence-electron chi connectivity index (χ3n) is 3.73. The summed E-state index contributed by atoms with van der Waals surface area (Å²) in [6.07, 6.45) is 1.75. The van der Waals surface area contributed by atoms with Gasteiger partial charge in [-0.25, -0.2) is 0 Å². The summed E-state index contributed by atoms with van der Waals surface area (Å²) < 4.78 is 5.28. The number of hydrogen-bond donors (Lipinski definition) is 1. The standard InChI is InChI=1S/C16H25NO2/c1-4-13(3)11-16(12-17,15(18)19-5-2)14-9-7-6-8-10-14/h6-10,13H,4-5,11-12,17H2,1-3H3. The number of nitrogens with two attached hydrogens (primary N) is 1. The molecule has 1 rings (SSSR count). The first-order valence-electron chi connectivity index (χ1n) is 7.03. The Bertz CT molecular complexity index is 391. The Morgan fingerprint density at radius 1 is 1.32 bits per heavy atom. The van der Waals surface area contributed by atoms with Crippen LogP contribution in [0.4, 0.5) is 0 Å². The molecule has 0 aliphatic rings. The Labute approximate surface area is 116 Å². The molecule has 3 heteroatoms. The maximum atomic E-state index is 12.4. The van der Waals surface area contributed by atoms with Crippen molar-refractivity contribution in [2.45, 2.75) is 39.0 Å². The summed E-state index contributed by atoms with van der Waals surface area (Å²) in [6, 6.07) is 9.75. The maximum Gasteiger partial charge on any atom is 0.317 e. The SMILES string of the molecule is CCOC(=O)C(CN)(CC(C)CC)c1ccccc1. The highest BCUT2D eigenvalue weighted by Crippen LogP contribution is 2.33. The third kappa shape index (κ3) is 3.57. The largest absolute Gasteiger partial charge is 0.465 e. The topological polar surface area (TPSA) is 52.3 Å². The van der Waals surface area contributed by atoms with Gasteiger partial charge in [-0.05, 0) is 24.8 Å². The second-order valence-electron chi connectivity index (χ2n) is 5.09. The lowest BCUT2D eigenvalue weighted by Gasteiger charge is -2.32. The van der Waals surface area contributed by atoms with Gasteiger partial charge in [0.05, 0.1) is 6.61 Å². The number of esters is 1. The molecule has 0 saturated heterocycles. The van der Waals surface area contributed by atoms with E-state index in [-0.39, 0.29) is 12.5 Å². The molecular formula is C16H25NO2. The normalized spacial score (nSPS) is 15.6. The van der Waals surface area contributed by atoms with Crippen LogP contribution in [0.2, 0.25) is 0 Å². The van der Waals surface area contributed by atoms with Crippen molar-refractivity contribution in [1.29, 1.82) is 0 Å². The molecule has 2 unspecified atom stereocenters. The summed E-state index contributed by atoms with van der Waals surface area (Å²) in [5.41, 5.74) is 6.21. The van der Waals surface area contributed by atoms with Gasteiger partial charge in [-0.15, -0.1) is 0 Å². The highest BCUT2D eigenvalue weighted by Gasteiger charge is 2.41. The first-order chi connectivity index (χ1) is 9.10. The van der Waals surface area contributed by atoms with Crippen LogP contribution in [-0.2, 0) is 14.9 Å². The number of carbonyl (C=O) groups excluding carboxylic acids is 1. The van der Waals surface area contributed by atoms with Gasteiger partial charge in [-0.1, -0.05) is 50.6 Å². The Hall–Kier alpha value is -1.35. The second kappa shape index (κ2) is 7.29. The smallest absolute Gasteiger partial charge is 0.317 e. The van der Waals surface area contributed by atoms with Gasteiger partial charge in [0.1, 0.15) is 5.41 Å². The molecule has 19 heavy (non-hydrogen) atoms. The van der Waals surface area contributed by atoms with Crippen molar-refractivity contribution < 1.29 is 9.53 Å². The van der Waals surface area contributed by atoms with E-state index in [1.165, 1.54) is 0 Å². The van der Waals surface area contributed by atoms with E-state index < -0.39 is 5.41 Å². The molecule has 0 bridgehead atoms. The van der Waals surface area contributed by atoms with Crippen LogP contribution in [0.3, 0.4) is 0 Å². The van der Waals surface area contributed by atoms with Crippen molar-refractivity contribution in [3.8, 4) is 0 Å². The fraction of sp³-hybridized carbons (Fsp3) is 0.562. The molecule has 0 heterocycles.